The van der Waals surface area contributed by atoms with Crippen molar-refractivity contribution >= 4 is 0 Å². The summed E-state index contributed by atoms with van der Waals surface area (Å²) in [5.41, 5.74) is 2.93. The largest absolute Gasteiger partial charge is 0.378 e. The van der Waals surface area contributed by atoms with E-state index in [2.05, 4.69) is 43.4 Å². The van der Waals surface area contributed by atoms with Crippen LogP contribution < -0.4 is 5.32 Å². The lowest BCUT2D eigenvalue weighted by Gasteiger charge is -2.43. The van der Waals surface area contributed by atoms with Gasteiger partial charge in [0.1, 0.15) is 0 Å². The molecule has 2 rings (SSSR count). The van der Waals surface area contributed by atoms with Gasteiger partial charge >= 0.3 is 0 Å². The number of hydrogen-bond donors (Lipinski definition) is 1. The van der Waals surface area contributed by atoms with Crippen LogP contribution in [0.3, 0.4) is 0 Å². The van der Waals surface area contributed by atoms with Gasteiger partial charge in [0.05, 0.1) is 5.60 Å². The number of methoxy groups -OCH3 is 1. The first-order valence-electron chi connectivity index (χ1n) is 8.10. The Hall–Kier alpha value is -0.860. The Morgan fingerprint density at radius 1 is 1.20 bits per heavy atom. The molecule has 1 aliphatic rings. The summed E-state index contributed by atoms with van der Waals surface area (Å²) in [5, 5.41) is 3.70. The predicted octanol–water partition coefficient (Wildman–Crippen LogP) is 4.25. The first kappa shape index (κ1) is 15.5. The third-order valence-electron chi connectivity index (χ3n) is 4.71. The van der Waals surface area contributed by atoms with E-state index in [0.717, 1.165) is 19.4 Å². The van der Waals surface area contributed by atoms with Crippen LogP contribution in [0.4, 0.5) is 0 Å². The lowest BCUT2D eigenvalue weighted by molar-refractivity contribution is -0.0838. The van der Waals surface area contributed by atoms with Gasteiger partial charge in [0.2, 0.25) is 0 Å². The van der Waals surface area contributed by atoms with Crippen LogP contribution in [0, 0.1) is 0 Å². The van der Waals surface area contributed by atoms with Crippen LogP contribution in [-0.4, -0.2) is 19.3 Å². The Morgan fingerprint density at radius 2 is 1.90 bits per heavy atom. The fourth-order valence-electron chi connectivity index (χ4n) is 3.05. The van der Waals surface area contributed by atoms with Crippen LogP contribution in [0.1, 0.15) is 63.1 Å². The van der Waals surface area contributed by atoms with E-state index >= 15 is 0 Å². The Balaban J connectivity index is 2.08. The van der Waals surface area contributed by atoms with Crippen LogP contribution in [0.2, 0.25) is 0 Å². The first-order valence-corrected chi connectivity index (χ1v) is 8.10. The summed E-state index contributed by atoms with van der Waals surface area (Å²) in [4.78, 5) is 0. The summed E-state index contributed by atoms with van der Waals surface area (Å²) in [7, 11) is 1.87. The van der Waals surface area contributed by atoms with E-state index in [9.17, 15) is 0 Å². The van der Waals surface area contributed by atoms with Gasteiger partial charge in [-0.1, -0.05) is 38.1 Å². The number of nitrogens with one attached hydrogen (secondary N) is 1. The minimum atomic E-state index is 0.120. The molecule has 20 heavy (non-hydrogen) atoms. The van der Waals surface area contributed by atoms with Crippen molar-refractivity contribution in [3.63, 3.8) is 0 Å². The van der Waals surface area contributed by atoms with Crippen molar-refractivity contribution in [3.8, 4) is 0 Å². The van der Waals surface area contributed by atoms with Gasteiger partial charge in [-0.05, 0) is 56.2 Å². The summed E-state index contributed by atoms with van der Waals surface area (Å²) >= 11 is 0. The maximum Gasteiger partial charge on any atom is 0.0697 e. The second-order valence-electron chi connectivity index (χ2n) is 6.05. The molecule has 112 valence electrons. The molecule has 1 aromatic rings. The third kappa shape index (κ3) is 3.62. The standard InChI is InChI=1S/C18H29NO/c1-4-13-19-17(14-18(20-3)11-6-12-18)16-9-7-15(5-2)8-10-16/h7-10,17,19H,4-6,11-14H2,1-3H3. The van der Waals surface area contributed by atoms with Crippen LogP contribution in [-0.2, 0) is 11.2 Å². The minimum absolute atomic E-state index is 0.120. The number of benzene rings is 1. The van der Waals surface area contributed by atoms with Gasteiger partial charge in [0.25, 0.3) is 0 Å². The van der Waals surface area contributed by atoms with Crippen LogP contribution in [0.25, 0.3) is 0 Å². The molecule has 0 saturated heterocycles. The summed E-state index contributed by atoms with van der Waals surface area (Å²) in [5.74, 6) is 0. The zero-order valence-electron chi connectivity index (χ0n) is 13.2. The van der Waals surface area contributed by atoms with Crippen molar-refractivity contribution in [2.24, 2.45) is 0 Å². The average molecular weight is 275 g/mol. The Bertz CT molecular complexity index is 389. The molecule has 1 atom stereocenters. The van der Waals surface area contributed by atoms with E-state index in [0.29, 0.717) is 6.04 Å². The van der Waals surface area contributed by atoms with Gasteiger partial charge in [-0.25, -0.2) is 0 Å². The Morgan fingerprint density at radius 3 is 2.35 bits per heavy atom. The highest BCUT2D eigenvalue weighted by Gasteiger charge is 2.39. The monoisotopic (exact) mass is 275 g/mol. The molecule has 0 aromatic heterocycles. The second-order valence-corrected chi connectivity index (χ2v) is 6.05. The molecular formula is C18H29NO. The molecule has 1 aliphatic carbocycles. The summed E-state index contributed by atoms with van der Waals surface area (Å²) in [6, 6.07) is 9.51. The molecule has 1 saturated carbocycles. The van der Waals surface area contributed by atoms with Crippen molar-refractivity contribution in [2.45, 2.75) is 64.0 Å². The first-order chi connectivity index (χ1) is 9.73. The predicted molar refractivity (Wildman–Crippen MR) is 85.1 cm³/mol. The van der Waals surface area contributed by atoms with E-state index in [1.807, 2.05) is 7.11 Å². The van der Waals surface area contributed by atoms with Gasteiger partial charge in [0.15, 0.2) is 0 Å². The van der Waals surface area contributed by atoms with Crippen molar-refractivity contribution < 1.29 is 4.74 Å². The quantitative estimate of drug-likeness (QED) is 0.766. The lowest BCUT2D eigenvalue weighted by atomic mass is 9.74. The van der Waals surface area contributed by atoms with Gasteiger partial charge in [-0.2, -0.15) is 0 Å². The molecule has 0 aliphatic heterocycles. The molecule has 2 heteroatoms. The summed E-state index contributed by atoms with van der Waals surface area (Å²) < 4.78 is 5.81. The van der Waals surface area contributed by atoms with E-state index in [1.54, 1.807) is 0 Å². The number of hydrogen-bond acceptors (Lipinski definition) is 2. The maximum absolute atomic E-state index is 5.81. The molecule has 1 N–H and O–H groups in total. The Labute approximate surface area is 123 Å². The number of rotatable bonds is 8. The Kier molecular flexibility index (Phi) is 5.62. The zero-order valence-corrected chi connectivity index (χ0v) is 13.2. The van der Waals surface area contributed by atoms with Crippen LogP contribution in [0.5, 0.6) is 0 Å². The van der Waals surface area contributed by atoms with Crippen molar-refractivity contribution in [3.05, 3.63) is 35.4 Å². The second kappa shape index (κ2) is 7.24. The van der Waals surface area contributed by atoms with Gasteiger partial charge in [-0.15, -0.1) is 0 Å². The fourth-order valence-corrected chi connectivity index (χ4v) is 3.05. The molecule has 1 aromatic carbocycles. The molecule has 0 radical (unpaired) electrons. The van der Waals surface area contributed by atoms with Gasteiger partial charge < -0.3 is 10.1 Å². The maximum atomic E-state index is 5.81. The molecule has 0 amide bonds. The third-order valence-corrected chi connectivity index (χ3v) is 4.71. The molecular weight excluding hydrogens is 246 g/mol. The summed E-state index contributed by atoms with van der Waals surface area (Å²) in [6.45, 7) is 5.50. The van der Waals surface area contributed by atoms with E-state index in [-0.39, 0.29) is 5.60 Å². The molecule has 0 spiro atoms. The number of aryl methyl sites for hydroxylation is 1. The van der Waals surface area contributed by atoms with Gasteiger partial charge in [-0.3, -0.25) is 0 Å². The van der Waals surface area contributed by atoms with E-state index < -0.39 is 0 Å². The van der Waals surface area contributed by atoms with Crippen molar-refractivity contribution in [1.82, 2.24) is 5.32 Å². The lowest BCUT2D eigenvalue weighted by Crippen LogP contribution is -2.43. The van der Waals surface area contributed by atoms with Gasteiger partial charge in [0, 0.05) is 13.2 Å². The molecule has 0 bridgehead atoms. The van der Waals surface area contributed by atoms with Crippen LogP contribution in [0.15, 0.2) is 24.3 Å². The van der Waals surface area contributed by atoms with E-state index in [4.69, 9.17) is 4.74 Å². The van der Waals surface area contributed by atoms with Crippen molar-refractivity contribution in [1.29, 1.82) is 0 Å². The number of ether oxygens (including phenoxy) is 1. The minimum Gasteiger partial charge on any atom is -0.378 e. The zero-order chi connectivity index (χ0) is 14.4. The molecule has 1 fully saturated rings. The molecule has 1 unspecified atom stereocenters. The highest BCUT2D eigenvalue weighted by Crippen LogP contribution is 2.41. The van der Waals surface area contributed by atoms with E-state index in [1.165, 1.54) is 36.8 Å². The van der Waals surface area contributed by atoms with Crippen LogP contribution >= 0.6 is 0 Å². The SMILES string of the molecule is CCCNC(CC1(OC)CCC1)c1ccc(CC)cc1. The average Bonchev–Trinajstić information content (AvgIpc) is 2.46. The highest BCUT2D eigenvalue weighted by molar-refractivity contribution is 5.25. The molecule has 2 nitrogen and oxygen atoms in total. The topological polar surface area (TPSA) is 21.3 Å². The fraction of sp³-hybridized carbons (Fsp3) is 0.667. The summed E-state index contributed by atoms with van der Waals surface area (Å²) in [6.07, 6.45) is 7.10. The molecule has 0 heterocycles. The highest BCUT2D eigenvalue weighted by atomic mass is 16.5. The normalized spacial score (nSPS) is 18.6. The smallest absolute Gasteiger partial charge is 0.0697 e. The van der Waals surface area contributed by atoms with Crippen molar-refractivity contribution in [2.75, 3.05) is 13.7 Å².